The van der Waals surface area contributed by atoms with Crippen LogP contribution in [0.15, 0.2) is 47.6 Å². The number of para-hydroxylation sites is 1. The van der Waals surface area contributed by atoms with E-state index in [-0.39, 0.29) is 18.9 Å². The van der Waals surface area contributed by atoms with Gasteiger partial charge in [0, 0.05) is 10.6 Å². The third-order valence-electron chi connectivity index (χ3n) is 2.37. The van der Waals surface area contributed by atoms with Crippen LogP contribution >= 0.6 is 0 Å². The van der Waals surface area contributed by atoms with Gasteiger partial charge in [-0.25, -0.2) is 4.39 Å². The van der Waals surface area contributed by atoms with Crippen LogP contribution in [0.5, 0.6) is 5.75 Å². The first kappa shape index (κ1) is 12.9. The number of benzene rings is 1. The Labute approximate surface area is 109 Å². The molecule has 0 saturated heterocycles. The van der Waals surface area contributed by atoms with Gasteiger partial charge in [0.25, 0.3) is 0 Å². The molecule has 0 atom stereocenters. The maximum absolute atomic E-state index is 13.3. The van der Waals surface area contributed by atoms with Gasteiger partial charge in [-0.15, -0.1) is 0 Å². The van der Waals surface area contributed by atoms with E-state index in [0.29, 0.717) is 11.4 Å². The van der Waals surface area contributed by atoms with Crippen LogP contribution in [-0.4, -0.2) is 4.98 Å². The Morgan fingerprint density at radius 2 is 1.95 bits per heavy atom. The first-order chi connectivity index (χ1) is 9.29. The molecule has 0 aliphatic rings. The fraction of sp³-hybridized carbons (Fsp3) is 0.154. The number of hydrogen-bond acceptors (Lipinski definition) is 3. The molecule has 19 heavy (non-hydrogen) atoms. The minimum Gasteiger partial charge on any atom is -0.484 e. The second-order valence-corrected chi connectivity index (χ2v) is 3.73. The minimum absolute atomic E-state index is 0.158. The fourth-order valence-corrected chi connectivity index (χ4v) is 1.52. The van der Waals surface area contributed by atoms with E-state index in [1.54, 1.807) is 36.4 Å². The Morgan fingerprint density at radius 3 is 2.74 bits per heavy atom. The first-order valence-electron chi connectivity index (χ1n) is 5.62. The predicted octanol–water partition coefficient (Wildman–Crippen LogP) is 3.61. The highest BCUT2D eigenvalue weighted by molar-refractivity contribution is 5.24. The Morgan fingerprint density at radius 1 is 1.16 bits per heavy atom. The Balaban J connectivity index is 2.03. The zero-order chi connectivity index (χ0) is 13.5. The van der Waals surface area contributed by atoms with Crippen molar-refractivity contribution in [3.05, 3.63) is 70.1 Å². The van der Waals surface area contributed by atoms with Gasteiger partial charge in [0.2, 0.25) is 0 Å². The molecule has 1 aromatic heterocycles. The molecule has 96 valence electrons. The van der Waals surface area contributed by atoms with Crippen LogP contribution in [0.2, 0.25) is 0 Å². The lowest BCUT2D eigenvalue weighted by atomic mass is 10.3. The standard InChI is InChI=1S/C13H11FN4O/c14-12-6-1-2-7-13(12)19-9-11-5-3-4-10(17-11)8-16-18-15/h1-7H,8-9H2. The van der Waals surface area contributed by atoms with Gasteiger partial charge in [-0.05, 0) is 29.8 Å². The summed E-state index contributed by atoms with van der Waals surface area (Å²) in [7, 11) is 0. The van der Waals surface area contributed by atoms with Crippen LogP contribution in [0.4, 0.5) is 4.39 Å². The predicted molar refractivity (Wildman–Crippen MR) is 67.8 cm³/mol. The molecule has 0 unspecified atom stereocenters. The Bertz CT molecular complexity index is 611. The van der Waals surface area contributed by atoms with Crippen molar-refractivity contribution in [2.24, 2.45) is 5.11 Å². The van der Waals surface area contributed by atoms with E-state index < -0.39 is 5.82 Å². The number of rotatable bonds is 5. The Kier molecular flexibility index (Phi) is 4.31. The summed E-state index contributed by atoms with van der Waals surface area (Å²) < 4.78 is 18.7. The average Bonchev–Trinajstić information content (AvgIpc) is 2.45. The normalized spacial score (nSPS) is 9.74. The molecule has 0 amide bonds. The van der Waals surface area contributed by atoms with Crippen molar-refractivity contribution in [2.45, 2.75) is 13.2 Å². The summed E-state index contributed by atoms with van der Waals surface area (Å²) in [6.07, 6.45) is 0. The van der Waals surface area contributed by atoms with Crippen LogP contribution < -0.4 is 4.74 Å². The van der Waals surface area contributed by atoms with Gasteiger partial charge in [0.05, 0.1) is 12.2 Å². The summed E-state index contributed by atoms with van der Waals surface area (Å²) in [6, 6.07) is 11.5. The highest BCUT2D eigenvalue weighted by Crippen LogP contribution is 2.16. The maximum atomic E-state index is 13.3. The number of hydrogen-bond donors (Lipinski definition) is 0. The van der Waals surface area contributed by atoms with Crippen LogP contribution in [0.3, 0.4) is 0 Å². The molecule has 1 heterocycles. The summed E-state index contributed by atoms with van der Waals surface area (Å²) in [4.78, 5) is 6.91. The topological polar surface area (TPSA) is 70.9 Å². The second-order valence-electron chi connectivity index (χ2n) is 3.73. The lowest BCUT2D eigenvalue weighted by Gasteiger charge is -2.07. The third-order valence-corrected chi connectivity index (χ3v) is 2.37. The zero-order valence-electron chi connectivity index (χ0n) is 10.0. The lowest BCUT2D eigenvalue weighted by molar-refractivity contribution is 0.285. The van der Waals surface area contributed by atoms with Gasteiger partial charge < -0.3 is 4.74 Å². The summed E-state index contributed by atoms with van der Waals surface area (Å²) in [5.74, 6) is -0.225. The summed E-state index contributed by atoms with van der Waals surface area (Å²) in [6.45, 7) is 0.342. The maximum Gasteiger partial charge on any atom is 0.165 e. The van der Waals surface area contributed by atoms with Gasteiger partial charge in [-0.2, -0.15) is 0 Å². The van der Waals surface area contributed by atoms with E-state index in [2.05, 4.69) is 15.0 Å². The second kappa shape index (κ2) is 6.37. The van der Waals surface area contributed by atoms with Crippen molar-refractivity contribution in [1.29, 1.82) is 0 Å². The lowest BCUT2D eigenvalue weighted by Crippen LogP contribution is -2.01. The highest BCUT2D eigenvalue weighted by atomic mass is 19.1. The number of halogens is 1. The van der Waals surface area contributed by atoms with E-state index in [4.69, 9.17) is 10.3 Å². The number of aromatic nitrogens is 1. The first-order valence-corrected chi connectivity index (χ1v) is 5.62. The molecule has 0 fully saturated rings. The monoisotopic (exact) mass is 258 g/mol. The number of pyridine rings is 1. The molecule has 5 nitrogen and oxygen atoms in total. The van der Waals surface area contributed by atoms with Gasteiger partial charge in [-0.3, -0.25) is 4.98 Å². The van der Waals surface area contributed by atoms with Crippen LogP contribution in [0.1, 0.15) is 11.4 Å². The summed E-state index contributed by atoms with van der Waals surface area (Å²) in [5, 5.41) is 3.43. The van der Waals surface area contributed by atoms with Gasteiger partial charge >= 0.3 is 0 Å². The molecule has 0 saturated carbocycles. The molecule has 0 spiro atoms. The number of nitrogens with zero attached hydrogens (tertiary/aromatic N) is 4. The van der Waals surface area contributed by atoms with Crippen molar-refractivity contribution in [1.82, 2.24) is 4.98 Å². The van der Waals surface area contributed by atoms with E-state index in [1.807, 2.05) is 0 Å². The summed E-state index contributed by atoms with van der Waals surface area (Å²) >= 11 is 0. The molecule has 6 heteroatoms. The molecule has 1 aromatic carbocycles. The van der Waals surface area contributed by atoms with Gasteiger partial charge in [0.1, 0.15) is 6.61 Å². The summed E-state index contributed by atoms with van der Waals surface area (Å²) in [5.41, 5.74) is 9.54. The largest absolute Gasteiger partial charge is 0.484 e. The molecule has 2 rings (SSSR count). The molecular weight excluding hydrogens is 247 g/mol. The minimum atomic E-state index is -0.410. The van der Waals surface area contributed by atoms with Crippen molar-refractivity contribution in [3.63, 3.8) is 0 Å². The Hall–Kier alpha value is -2.59. The van der Waals surface area contributed by atoms with Crippen LogP contribution in [-0.2, 0) is 13.2 Å². The highest BCUT2D eigenvalue weighted by Gasteiger charge is 2.03. The van der Waals surface area contributed by atoms with Crippen molar-refractivity contribution >= 4 is 0 Å². The number of azide groups is 1. The third kappa shape index (κ3) is 3.69. The molecule has 0 N–H and O–H groups in total. The van der Waals surface area contributed by atoms with Gasteiger partial charge in [0.15, 0.2) is 11.6 Å². The SMILES string of the molecule is [N-]=[N+]=NCc1cccc(COc2ccccc2F)n1. The molecule has 0 bridgehead atoms. The van der Waals surface area contributed by atoms with Crippen LogP contribution in [0.25, 0.3) is 10.4 Å². The quantitative estimate of drug-likeness (QED) is 0.467. The van der Waals surface area contributed by atoms with Crippen LogP contribution in [0, 0.1) is 5.82 Å². The number of ether oxygens (including phenoxy) is 1. The molecule has 0 radical (unpaired) electrons. The van der Waals surface area contributed by atoms with Crippen molar-refractivity contribution < 1.29 is 9.13 Å². The average molecular weight is 258 g/mol. The van der Waals surface area contributed by atoms with E-state index in [9.17, 15) is 4.39 Å². The zero-order valence-corrected chi connectivity index (χ0v) is 10.0. The van der Waals surface area contributed by atoms with E-state index in [0.717, 1.165) is 0 Å². The molecule has 0 aliphatic heterocycles. The molecule has 2 aromatic rings. The van der Waals surface area contributed by atoms with Crippen molar-refractivity contribution in [2.75, 3.05) is 0 Å². The molecule has 0 aliphatic carbocycles. The van der Waals surface area contributed by atoms with Gasteiger partial charge in [-0.1, -0.05) is 23.3 Å². The molecular formula is C13H11FN4O. The van der Waals surface area contributed by atoms with E-state index in [1.165, 1.54) is 6.07 Å². The van der Waals surface area contributed by atoms with Crippen molar-refractivity contribution in [3.8, 4) is 5.75 Å². The smallest absolute Gasteiger partial charge is 0.165 e. The fourth-order valence-electron chi connectivity index (χ4n) is 1.52. The van der Waals surface area contributed by atoms with E-state index >= 15 is 0 Å².